The fourth-order valence-electron chi connectivity index (χ4n) is 3.51. The van der Waals surface area contributed by atoms with Gasteiger partial charge in [0.1, 0.15) is 11.9 Å². The van der Waals surface area contributed by atoms with E-state index in [0.29, 0.717) is 17.9 Å². The van der Waals surface area contributed by atoms with Crippen molar-refractivity contribution in [3.63, 3.8) is 0 Å². The molecular formula is C23H25N3O2S. The summed E-state index contributed by atoms with van der Waals surface area (Å²) in [6, 6.07) is 15.6. The van der Waals surface area contributed by atoms with Crippen LogP contribution in [-0.2, 0) is 13.1 Å². The number of likely N-dealkylation sites (tertiary alicyclic amines) is 1. The third-order valence-electron chi connectivity index (χ3n) is 5.10. The molecule has 1 fully saturated rings. The predicted octanol–water partition coefficient (Wildman–Crippen LogP) is 4.12. The number of pyridine rings is 1. The van der Waals surface area contributed by atoms with E-state index in [1.54, 1.807) is 11.3 Å². The van der Waals surface area contributed by atoms with E-state index >= 15 is 0 Å². The first-order valence-electron chi connectivity index (χ1n) is 9.95. The van der Waals surface area contributed by atoms with Gasteiger partial charge in [0, 0.05) is 32.4 Å². The number of amides is 1. The molecule has 0 aliphatic carbocycles. The molecule has 29 heavy (non-hydrogen) atoms. The molecule has 2 aromatic heterocycles. The number of ether oxygens (including phenoxy) is 1. The molecule has 0 atom stereocenters. The van der Waals surface area contributed by atoms with Crippen molar-refractivity contribution >= 4 is 17.2 Å². The van der Waals surface area contributed by atoms with Gasteiger partial charge in [-0.25, -0.2) is 0 Å². The zero-order valence-electron chi connectivity index (χ0n) is 16.3. The molecule has 1 aromatic carbocycles. The molecule has 6 heteroatoms. The van der Waals surface area contributed by atoms with E-state index in [0.717, 1.165) is 43.7 Å². The second-order valence-electron chi connectivity index (χ2n) is 7.22. The number of nitrogens with one attached hydrogen (secondary N) is 1. The van der Waals surface area contributed by atoms with Crippen molar-refractivity contribution in [2.24, 2.45) is 0 Å². The minimum Gasteiger partial charge on any atom is -0.489 e. The van der Waals surface area contributed by atoms with E-state index in [2.05, 4.69) is 21.3 Å². The molecule has 0 unspecified atom stereocenters. The second-order valence-corrected chi connectivity index (χ2v) is 8.00. The van der Waals surface area contributed by atoms with Crippen molar-refractivity contribution in [1.82, 2.24) is 15.2 Å². The first-order valence-corrected chi connectivity index (χ1v) is 10.9. The molecule has 1 saturated heterocycles. The second kappa shape index (κ2) is 9.67. The van der Waals surface area contributed by atoms with Gasteiger partial charge < -0.3 is 10.1 Å². The maximum atomic E-state index is 12.7. The largest absolute Gasteiger partial charge is 0.489 e. The van der Waals surface area contributed by atoms with Crippen LogP contribution >= 0.6 is 11.3 Å². The molecule has 4 rings (SSSR count). The number of hydrogen-bond donors (Lipinski definition) is 1. The number of benzene rings is 1. The molecule has 150 valence electrons. The predicted molar refractivity (Wildman–Crippen MR) is 115 cm³/mol. The van der Waals surface area contributed by atoms with Crippen molar-refractivity contribution in [1.29, 1.82) is 0 Å². The van der Waals surface area contributed by atoms with Crippen LogP contribution in [0.4, 0.5) is 0 Å². The maximum absolute atomic E-state index is 12.7. The number of hydrogen-bond acceptors (Lipinski definition) is 5. The Labute approximate surface area is 175 Å². The first kappa shape index (κ1) is 19.6. The number of thiophene rings is 1. The number of para-hydroxylation sites is 1. The molecule has 3 aromatic rings. The van der Waals surface area contributed by atoms with E-state index in [1.165, 1.54) is 0 Å². The standard InChI is InChI=1S/C23H25N3O2S/c27-23(25-15-18-10-14-29-17-18)21-6-1-2-7-22(21)28-20-8-12-26(13-9-20)16-19-5-3-4-11-24-19/h1-7,10-11,14,17,20H,8-9,12-13,15-16H2,(H,25,27). The van der Waals surface area contributed by atoms with Gasteiger partial charge in [-0.05, 0) is 59.5 Å². The Morgan fingerprint density at radius 1 is 1.14 bits per heavy atom. The molecule has 0 radical (unpaired) electrons. The van der Waals surface area contributed by atoms with Crippen molar-refractivity contribution in [3.8, 4) is 5.75 Å². The van der Waals surface area contributed by atoms with Crippen molar-refractivity contribution in [3.05, 3.63) is 82.3 Å². The lowest BCUT2D eigenvalue weighted by Crippen LogP contribution is -2.38. The van der Waals surface area contributed by atoms with Gasteiger partial charge in [-0.2, -0.15) is 11.3 Å². The lowest BCUT2D eigenvalue weighted by Gasteiger charge is -2.32. The molecule has 0 spiro atoms. The Hall–Kier alpha value is -2.70. The average Bonchev–Trinajstić information content (AvgIpc) is 3.28. The van der Waals surface area contributed by atoms with Gasteiger partial charge >= 0.3 is 0 Å². The number of carbonyl (C=O) groups excluding carboxylic acids is 1. The molecule has 0 bridgehead atoms. The Kier molecular flexibility index (Phi) is 6.54. The lowest BCUT2D eigenvalue weighted by atomic mass is 10.1. The summed E-state index contributed by atoms with van der Waals surface area (Å²) in [5, 5.41) is 7.04. The minimum atomic E-state index is -0.0978. The Balaban J connectivity index is 1.31. The molecule has 3 heterocycles. The summed E-state index contributed by atoms with van der Waals surface area (Å²) in [6.45, 7) is 3.33. The van der Waals surface area contributed by atoms with Crippen LogP contribution in [0.5, 0.6) is 5.75 Å². The smallest absolute Gasteiger partial charge is 0.255 e. The van der Waals surface area contributed by atoms with Crippen LogP contribution in [0.25, 0.3) is 0 Å². The minimum absolute atomic E-state index is 0.0978. The normalized spacial score (nSPS) is 15.2. The van der Waals surface area contributed by atoms with Crippen LogP contribution in [0, 0.1) is 0 Å². The lowest BCUT2D eigenvalue weighted by molar-refractivity contribution is 0.0887. The van der Waals surface area contributed by atoms with Crippen LogP contribution in [0.2, 0.25) is 0 Å². The highest BCUT2D eigenvalue weighted by Gasteiger charge is 2.22. The van der Waals surface area contributed by atoms with E-state index in [1.807, 2.05) is 59.4 Å². The van der Waals surface area contributed by atoms with Gasteiger partial charge in [0.25, 0.3) is 5.91 Å². The van der Waals surface area contributed by atoms with Crippen molar-refractivity contribution in [2.75, 3.05) is 13.1 Å². The van der Waals surface area contributed by atoms with Gasteiger partial charge in [-0.1, -0.05) is 18.2 Å². The maximum Gasteiger partial charge on any atom is 0.255 e. The third-order valence-corrected chi connectivity index (χ3v) is 5.84. The molecule has 1 amide bonds. The van der Waals surface area contributed by atoms with Gasteiger partial charge in [0.15, 0.2) is 0 Å². The van der Waals surface area contributed by atoms with Crippen molar-refractivity contribution < 1.29 is 9.53 Å². The Bertz CT molecular complexity index is 907. The molecule has 1 aliphatic heterocycles. The third kappa shape index (κ3) is 5.43. The highest BCUT2D eigenvalue weighted by atomic mass is 32.1. The van der Waals surface area contributed by atoms with Gasteiger partial charge in [-0.3, -0.25) is 14.7 Å². The van der Waals surface area contributed by atoms with Crippen LogP contribution in [-0.4, -0.2) is 35.0 Å². The van der Waals surface area contributed by atoms with E-state index < -0.39 is 0 Å². The molecular weight excluding hydrogens is 382 g/mol. The molecule has 1 aliphatic rings. The topological polar surface area (TPSA) is 54.5 Å². The number of nitrogens with zero attached hydrogens (tertiary/aromatic N) is 2. The van der Waals surface area contributed by atoms with E-state index in [4.69, 9.17) is 4.74 Å². The van der Waals surface area contributed by atoms with Crippen LogP contribution in [0.15, 0.2) is 65.5 Å². The Morgan fingerprint density at radius 3 is 2.72 bits per heavy atom. The van der Waals surface area contributed by atoms with Crippen LogP contribution in [0.3, 0.4) is 0 Å². The monoisotopic (exact) mass is 407 g/mol. The summed E-state index contributed by atoms with van der Waals surface area (Å²) < 4.78 is 6.24. The molecule has 1 N–H and O–H groups in total. The first-order chi connectivity index (χ1) is 14.3. The fraction of sp³-hybridized carbons (Fsp3) is 0.304. The number of piperidine rings is 1. The summed E-state index contributed by atoms with van der Waals surface area (Å²) in [5.41, 5.74) is 2.81. The SMILES string of the molecule is O=C(NCc1ccsc1)c1ccccc1OC1CCN(Cc2ccccn2)CC1. The fourth-order valence-corrected chi connectivity index (χ4v) is 4.18. The Morgan fingerprint density at radius 2 is 1.97 bits per heavy atom. The molecule has 0 saturated carbocycles. The highest BCUT2D eigenvalue weighted by molar-refractivity contribution is 7.07. The summed E-state index contributed by atoms with van der Waals surface area (Å²) in [4.78, 5) is 19.5. The zero-order valence-corrected chi connectivity index (χ0v) is 17.1. The number of aromatic nitrogens is 1. The van der Waals surface area contributed by atoms with Crippen LogP contribution in [0.1, 0.15) is 34.5 Å². The van der Waals surface area contributed by atoms with Gasteiger partial charge in [0.05, 0.1) is 11.3 Å². The summed E-state index contributed by atoms with van der Waals surface area (Å²) >= 11 is 1.63. The van der Waals surface area contributed by atoms with Crippen molar-refractivity contribution in [2.45, 2.75) is 32.0 Å². The summed E-state index contributed by atoms with van der Waals surface area (Å²) in [6.07, 6.45) is 3.85. The number of rotatable bonds is 7. The zero-order chi connectivity index (χ0) is 19.9. The van der Waals surface area contributed by atoms with E-state index in [-0.39, 0.29) is 12.0 Å². The van der Waals surface area contributed by atoms with Gasteiger partial charge in [0.2, 0.25) is 0 Å². The molecule has 5 nitrogen and oxygen atoms in total. The quantitative estimate of drug-likeness (QED) is 0.640. The average molecular weight is 408 g/mol. The van der Waals surface area contributed by atoms with Gasteiger partial charge in [-0.15, -0.1) is 0 Å². The highest BCUT2D eigenvalue weighted by Crippen LogP contribution is 2.24. The summed E-state index contributed by atoms with van der Waals surface area (Å²) in [5.74, 6) is 0.567. The van der Waals surface area contributed by atoms with E-state index in [9.17, 15) is 4.79 Å². The number of carbonyl (C=O) groups is 1. The van der Waals surface area contributed by atoms with Crippen LogP contribution < -0.4 is 10.1 Å². The summed E-state index contributed by atoms with van der Waals surface area (Å²) in [7, 11) is 0.